The molecule has 0 atom stereocenters. The maximum Gasteiger partial charge on any atom is 0.234 e. The molecule has 0 saturated carbocycles. The van der Waals surface area contributed by atoms with Crippen molar-refractivity contribution in [3.63, 3.8) is 0 Å². The normalized spacial score (nSPS) is 10.4. The number of rotatable bonds is 4. The average Bonchev–Trinajstić information content (AvgIpc) is 2.44. The quantitative estimate of drug-likeness (QED) is 0.670. The highest BCUT2D eigenvalue weighted by molar-refractivity contribution is 8.00. The van der Waals surface area contributed by atoms with Gasteiger partial charge in [0.15, 0.2) is 0 Å². The van der Waals surface area contributed by atoms with E-state index in [-0.39, 0.29) is 11.4 Å². The van der Waals surface area contributed by atoms with Crippen molar-refractivity contribution in [2.75, 3.05) is 16.8 Å². The lowest BCUT2D eigenvalue weighted by molar-refractivity contribution is -0.113. The number of carbonyl (C=O) groups is 1. The van der Waals surface area contributed by atoms with Crippen LogP contribution in [0.1, 0.15) is 5.56 Å². The minimum absolute atomic E-state index is 0.0836. The van der Waals surface area contributed by atoms with E-state index in [4.69, 9.17) is 5.73 Å². The third kappa shape index (κ3) is 3.95. The van der Waals surface area contributed by atoms with E-state index in [1.807, 2.05) is 13.0 Å². The second-order valence-electron chi connectivity index (χ2n) is 4.43. The zero-order valence-electron chi connectivity index (χ0n) is 11.3. The first-order valence-electron chi connectivity index (χ1n) is 6.20. The lowest BCUT2D eigenvalue weighted by atomic mass is 10.2. The van der Waals surface area contributed by atoms with E-state index >= 15 is 0 Å². The monoisotopic (exact) mass is 308 g/mol. The molecule has 0 aromatic heterocycles. The SMILES string of the molecule is Cc1c(N)cccc1SCC(=O)Nc1cc(F)ccc1F. The Balaban J connectivity index is 1.99. The first-order valence-corrected chi connectivity index (χ1v) is 7.18. The highest BCUT2D eigenvalue weighted by atomic mass is 32.2. The van der Waals surface area contributed by atoms with Gasteiger partial charge in [0, 0.05) is 16.6 Å². The van der Waals surface area contributed by atoms with Crippen molar-refractivity contribution in [3.8, 4) is 0 Å². The van der Waals surface area contributed by atoms with E-state index in [2.05, 4.69) is 5.32 Å². The molecule has 2 aromatic carbocycles. The van der Waals surface area contributed by atoms with Crippen molar-refractivity contribution >= 4 is 29.0 Å². The number of nitrogens with one attached hydrogen (secondary N) is 1. The lowest BCUT2D eigenvalue weighted by Gasteiger charge is -2.09. The summed E-state index contributed by atoms with van der Waals surface area (Å²) in [7, 11) is 0. The maximum atomic E-state index is 13.4. The molecule has 0 bridgehead atoms. The number of carbonyl (C=O) groups excluding carboxylic acids is 1. The largest absolute Gasteiger partial charge is 0.398 e. The molecule has 3 nitrogen and oxygen atoms in total. The van der Waals surface area contributed by atoms with Crippen LogP contribution in [0.3, 0.4) is 0 Å². The van der Waals surface area contributed by atoms with E-state index in [0.717, 1.165) is 28.7 Å². The summed E-state index contributed by atoms with van der Waals surface area (Å²) < 4.78 is 26.4. The van der Waals surface area contributed by atoms with Crippen LogP contribution >= 0.6 is 11.8 Å². The molecule has 21 heavy (non-hydrogen) atoms. The van der Waals surface area contributed by atoms with Gasteiger partial charge in [-0.3, -0.25) is 4.79 Å². The second kappa shape index (κ2) is 6.58. The molecule has 110 valence electrons. The molecule has 0 saturated heterocycles. The van der Waals surface area contributed by atoms with E-state index in [0.29, 0.717) is 5.69 Å². The van der Waals surface area contributed by atoms with Gasteiger partial charge in [-0.2, -0.15) is 0 Å². The minimum atomic E-state index is -0.671. The number of benzene rings is 2. The summed E-state index contributed by atoms with van der Waals surface area (Å²) in [5.74, 6) is -1.60. The maximum absolute atomic E-state index is 13.4. The van der Waals surface area contributed by atoms with Crippen molar-refractivity contribution in [1.29, 1.82) is 0 Å². The van der Waals surface area contributed by atoms with E-state index in [9.17, 15) is 13.6 Å². The molecule has 0 radical (unpaired) electrons. The van der Waals surface area contributed by atoms with Gasteiger partial charge < -0.3 is 11.1 Å². The van der Waals surface area contributed by atoms with Gasteiger partial charge in [0.2, 0.25) is 5.91 Å². The van der Waals surface area contributed by atoms with Gasteiger partial charge in [0.05, 0.1) is 11.4 Å². The Morgan fingerprint density at radius 3 is 2.81 bits per heavy atom. The number of halogens is 2. The summed E-state index contributed by atoms with van der Waals surface area (Å²) in [5, 5.41) is 2.35. The molecule has 0 spiro atoms. The van der Waals surface area contributed by atoms with Crippen LogP contribution in [0.4, 0.5) is 20.2 Å². The third-order valence-corrected chi connectivity index (χ3v) is 4.05. The highest BCUT2D eigenvalue weighted by Crippen LogP contribution is 2.26. The number of nitrogen functional groups attached to an aromatic ring is 1. The van der Waals surface area contributed by atoms with Crippen molar-refractivity contribution in [1.82, 2.24) is 0 Å². The van der Waals surface area contributed by atoms with Crippen molar-refractivity contribution in [2.24, 2.45) is 0 Å². The van der Waals surface area contributed by atoms with Gasteiger partial charge in [-0.05, 0) is 36.8 Å². The summed E-state index contributed by atoms with van der Waals surface area (Å²) in [5.41, 5.74) is 7.17. The number of hydrogen-bond acceptors (Lipinski definition) is 3. The molecule has 1 amide bonds. The summed E-state index contributed by atoms with van der Waals surface area (Å²) >= 11 is 1.29. The number of hydrogen-bond donors (Lipinski definition) is 2. The zero-order chi connectivity index (χ0) is 15.4. The summed E-state index contributed by atoms with van der Waals surface area (Å²) in [6, 6.07) is 8.35. The Morgan fingerprint density at radius 2 is 2.05 bits per heavy atom. The Morgan fingerprint density at radius 1 is 1.29 bits per heavy atom. The Bertz CT molecular complexity index is 677. The smallest absolute Gasteiger partial charge is 0.234 e. The molecule has 0 aliphatic carbocycles. The van der Waals surface area contributed by atoms with Gasteiger partial charge in [-0.15, -0.1) is 11.8 Å². The van der Waals surface area contributed by atoms with Gasteiger partial charge in [-0.25, -0.2) is 8.78 Å². The standard InChI is InChI=1S/C15H14F2N2OS/c1-9-12(18)3-2-4-14(9)21-8-15(20)19-13-7-10(16)5-6-11(13)17/h2-7H,8,18H2,1H3,(H,19,20). The van der Waals surface area contributed by atoms with Crippen molar-refractivity contribution in [3.05, 3.63) is 53.6 Å². The Labute approximate surface area is 125 Å². The minimum Gasteiger partial charge on any atom is -0.398 e. The van der Waals surface area contributed by atoms with Crippen LogP contribution in [-0.2, 0) is 4.79 Å². The fourth-order valence-corrected chi connectivity index (χ4v) is 2.58. The number of nitrogens with two attached hydrogens (primary N) is 1. The van der Waals surface area contributed by atoms with Gasteiger partial charge in [-0.1, -0.05) is 6.07 Å². The third-order valence-electron chi connectivity index (χ3n) is 2.89. The Kier molecular flexibility index (Phi) is 4.80. The van der Waals surface area contributed by atoms with Gasteiger partial charge >= 0.3 is 0 Å². The van der Waals surface area contributed by atoms with E-state index < -0.39 is 17.5 Å². The molecule has 0 aliphatic rings. The topological polar surface area (TPSA) is 55.1 Å². The molecular formula is C15H14F2N2OS. The molecule has 0 aliphatic heterocycles. The van der Waals surface area contributed by atoms with E-state index in [1.54, 1.807) is 12.1 Å². The molecular weight excluding hydrogens is 294 g/mol. The van der Waals surface area contributed by atoms with Crippen LogP contribution < -0.4 is 11.1 Å². The second-order valence-corrected chi connectivity index (χ2v) is 5.45. The Hall–Kier alpha value is -2.08. The van der Waals surface area contributed by atoms with Crippen molar-refractivity contribution in [2.45, 2.75) is 11.8 Å². The fraction of sp³-hybridized carbons (Fsp3) is 0.133. The summed E-state index contributed by atoms with van der Waals surface area (Å²) in [6.07, 6.45) is 0. The number of amides is 1. The lowest BCUT2D eigenvalue weighted by Crippen LogP contribution is -2.15. The summed E-state index contributed by atoms with van der Waals surface area (Å²) in [6.45, 7) is 1.86. The van der Waals surface area contributed by atoms with Crippen LogP contribution in [0.5, 0.6) is 0 Å². The average molecular weight is 308 g/mol. The predicted octanol–water partition coefficient (Wildman–Crippen LogP) is 3.59. The van der Waals surface area contributed by atoms with Crippen LogP contribution in [0, 0.1) is 18.6 Å². The van der Waals surface area contributed by atoms with Crippen LogP contribution in [0.15, 0.2) is 41.3 Å². The molecule has 0 heterocycles. The molecule has 2 aromatic rings. The molecule has 3 N–H and O–H groups in total. The van der Waals surface area contributed by atoms with Gasteiger partial charge in [0.25, 0.3) is 0 Å². The fourth-order valence-electron chi connectivity index (χ4n) is 1.71. The van der Waals surface area contributed by atoms with Crippen molar-refractivity contribution < 1.29 is 13.6 Å². The highest BCUT2D eigenvalue weighted by Gasteiger charge is 2.10. The molecule has 6 heteroatoms. The molecule has 0 unspecified atom stereocenters. The predicted molar refractivity (Wildman–Crippen MR) is 81.3 cm³/mol. The van der Waals surface area contributed by atoms with Crippen LogP contribution in [0.2, 0.25) is 0 Å². The van der Waals surface area contributed by atoms with Crippen LogP contribution in [0.25, 0.3) is 0 Å². The van der Waals surface area contributed by atoms with Crippen LogP contribution in [-0.4, -0.2) is 11.7 Å². The number of thioether (sulfide) groups is 1. The molecule has 0 fully saturated rings. The van der Waals surface area contributed by atoms with Gasteiger partial charge in [0.1, 0.15) is 11.6 Å². The summed E-state index contributed by atoms with van der Waals surface area (Å²) in [4.78, 5) is 12.7. The zero-order valence-corrected chi connectivity index (χ0v) is 12.1. The molecule has 2 rings (SSSR count). The van der Waals surface area contributed by atoms with E-state index in [1.165, 1.54) is 11.8 Å². The number of anilines is 2. The first kappa shape index (κ1) is 15.3. The first-order chi connectivity index (χ1) is 9.97.